The van der Waals surface area contributed by atoms with E-state index in [0.29, 0.717) is 11.5 Å². The van der Waals surface area contributed by atoms with Gasteiger partial charge < -0.3 is 5.32 Å². The van der Waals surface area contributed by atoms with E-state index < -0.39 is 0 Å². The van der Waals surface area contributed by atoms with Crippen LogP contribution in [0.3, 0.4) is 0 Å². The molecule has 1 aromatic carbocycles. The standard InChI is InChI=1S/C15H22BrN/c1-12(16)11-17-14(10-15(2,3)4)13-8-6-5-7-9-13/h5-9,14,17H,1,10-11H2,2-4H3. The monoisotopic (exact) mass is 295 g/mol. The molecule has 0 amide bonds. The fourth-order valence-corrected chi connectivity index (χ4v) is 2.00. The van der Waals surface area contributed by atoms with E-state index in [1.807, 2.05) is 0 Å². The van der Waals surface area contributed by atoms with Gasteiger partial charge in [0.2, 0.25) is 0 Å². The van der Waals surface area contributed by atoms with Gasteiger partial charge in [0.1, 0.15) is 0 Å². The first-order valence-electron chi connectivity index (χ1n) is 6.00. The fraction of sp³-hybridized carbons (Fsp3) is 0.467. The SMILES string of the molecule is C=C(Br)CNC(CC(C)(C)C)c1ccccc1. The molecule has 1 rings (SSSR count). The number of halogens is 1. The molecule has 0 radical (unpaired) electrons. The van der Waals surface area contributed by atoms with Gasteiger partial charge in [0, 0.05) is 17.1 Å². The number of hydrogen-bond donors (Lipinski definition) is 1. The Hall–Kier alpha value is -0.600. The molecule has 1 nitrogen and oxygen atoms in total. The second-order valence-electron chi connectivity index (χ2n) is 5.63. The first kappa shape index (κ1) is 14.5. The molecule has 0 saturated heterocycles. The smallest absolute Gasteiger partial charge is 0.0328 e. The molecule has 0 fully saturated rings. The lowest BCUT2D eigenvalue weighted by molar-refractivity contribution is 0.316. The molecule has 0 aliphatic heterocycles. The summed E-state index contributed by atoms with van der Waals surface area (Å²) in [6.45, 7) is 11.5. The minimum Gasteiger partial charge on any atom is -0.305 e. The molecule has 0 heterocycles. The first-order chi connectivity index (χ1) is 7.88. The van der Waals surface area contributed by atoms with E-state index in [-0.39, 0.29) is 0 Å². The Morgan fingerprint density at radius 2 is 1.88 bits per heavy atom. The van der Waals surface area contributed by atoms with Crippen molar-refractivity contribution in [3.8, 4) is 0 Å². The summed E-state index contributed by atoms with van der Waals surface area (Å²) in [6, 6.07) is 11.0. The molecule has 17 heavy (non-hydrogen) atoms. The van der Waals surface area contributed by atoms with Crippen LogP contribution in [0.5, 0.6) is 0 Å². The fourth-order valence-electron chi connectivity index (χ4n) is 1.84. The molecule has 1 unspecified atom stereocenters. The normalized spacial score (nSPS) is 13.4. The number of nitrogens with one attached hydrogen (secondary N) is 1. The predicted octanol–water partition coefficient (Wildman–Crippen LogP) is 4.66. The number of rotatable bonds is 5. The van der Waals surface area contributed by atoms with Gasteiger partial charge in [0.15, 0.2) is 0 Å². The highest BCUT2D eigenvalue weighted by Crippen LogP contribution is 2.29. The average molecular weight is 296 g/mol. The van der Waals surface area contributed by atoms with Gasteiger partial charge >= 0.3 is 0 Å². The van der Waals surface area contributed by atoms with Crippen molar-refractivity contribution in [2.45, 2.75) is 33.2 Å². The van der Waals surface area contributed by atoms with E-state index in [4.69, 9.17) is 0 Å². The lowest BCUT2D eigenvalue weighted by atomic mass is 9.85. The third-order valence-electron chi connectivity index (χ3n) is 2.56. The maximum absolute atomic E-state index is 3.87. The van der Waals surface area contributed by atoms with E-state index in [1.165, 1.54) is 5.56 Å². The Kier molecular flexibility index (Phi) is 5.41. The number of hydrogen-bond acceptors (Lipinski definition) is 1. The van der Waals surface area contributed by atoms with E-state index >= 15 is 0 Å². The second-order valence-corrected chi connectivity index (χ2v) is 6.75. The van der Waals surface area contributed by atoms with Crippen LogP contribution in [0.25, 0.3) is 0 Å². The minimum absolute atomic E-state index is 0.307. The summed E-state index contributed by atoms with van der Waals surface area (Å²) in [5.74, 6) is 0. The van der Waals surface area contributed by atoms with Gasteiger partial charge in [-0.15, -0.1) is 0 Å². The van der Waals surface area contributed by atoms with Gasteiger partial charge in [0.25, 0.3) is 0 Å². The van der Waals surface area contributed by atoms with Crippen LogP contribution in [0, 0.1) is 5.41 Å². The molecular weight excluding hydrogens is 274 g/mol. The summed E-state index contributed by atoms with van der Waals surface area (Å²) >= 11 is 3.40. The molecule has 0 aliphatic rings. The molecule has 0 bridgehead atoms. The van der Waals surface area contributed by atoms with Crippen LogP contribution in [0.15, 0.2) is 41.4 Å². The van der Waals surface area contributed by atoms with E-state index in [2.05, 4.69) is 78.9 Å². The minimum atomic E-state index is 0.307. The van der Waals surface area contributed by atoms with Crippen LogP contribution in [0.1, 0.15) is 38.8 Å². The number of benzene rings is 1. The van der Waals surface area contributed by atoms with Crippen molar-refractivity contribution in [1.29, 1.82) is 0 Å². The van der Waals surface area contributed by atoms with Crippen LogP contribution >= 0.6 is 15.9 Å². The third-order valence-corrected chi connectivity index (χ3v) is 2.84. The zero-order valence-corrected chi connectivity index (χ0v) is 12.5. The quantitative estimate of drug-likeness (QED) is 0.833. The summed E-state index contributed by atoms with van der Waals surface area (Å²) in [5, 5.41) is 3.55. The van der Waals surface area contributed by atoms with E-state index in [1.54, 1.807) is 0 Å². The molecule has 2 heteroatoms. The zero-order chi connectivity index (χ0) is 12.9. The van der Waals surface area contributed by atoms with Gasteiger partial charge in [0.05, 0.1) is 0 Å². The van der Waals surface area contributed by atoms with Crippen molar-refractivity contribution in [3.63, 3.8) is 0 Å². The maximum atomic E-state index is 3.87. The third kappa shape index (κ3) is 6.04. The zero-order valence-electron chi connectivity index (χ0n) is 11.0. The topological polar surface area (TPSA) is 12.0 Å². The molecule has 94 valence electrons. The van der Waals surface area contributed by atoms with Crippen molar-refractivity contribution in [2.24, 2.45) is 5.41 Å². The van der Waals surface area contributed by atoms with Crippen LogP contribution in [0.2, 0.25) is 0 Å². The van der Waals surface area contributed by atoms with Crippen LogP contribution in [0.4, 0.5) is 0 Å². The van der Waals surface area contributed by atoms with Gasteiger partial charge in [-0.1, -0.05) is 73.6 Å². The Bertz CT molecular complexity index is 351. The highest BCUT2D eigenvalue weighted by atomic mass is 79.9. The first-order valence-corrected chi connectivity index (χ1v) is 6.79. The van der Waals surface area contributed by atoms with Gasteiger partial charge in [-0.25, -0.2) is 0 Å². The molecule has 0 saturated carbocycles. The van der Waals surface area contributed by atoms with Crippen molar-refractivity contribution in [3.05, 3.63) is 47.0 Å². The predicted molar refractivity (Wildman–Crippen MR) is 79.3 cm³/mol. The molecular formula is C15H22BrN. The highest BCUT2D eigenvalue weighted by Gasteiger charge is 2.19. The molecule has 1 atom stereocenters. The lowest BCUT2D eigenvalue weighted by Crippen LogP contribution is -2.26. The molecule has 1 aromatic rings. The Labute approximate surface area is 113 Å². The largest absolute Gasteiger partial charge is 0.305 e. The van der Waals surface area contributed by atoms with Gasteiger partial charge in [-0.2, -0.15) is 0 Å². The van der Waals surface area contributed by atoms with Crippen LogP contribution < -0.4 is 5.32 Å². The van der Waals surface area contributed by atoms with Crippen LogP contribution in [-0.4, -0.2) is 6.54 Å². The van der Waals surface area contributed by atoms with E-state index in [0.717, 1.165) is 17.4 Å². The summed E-state index contributed by atoms with van der Waals surface area (Å²) in [6.07, 6.45) is 1.11. The van der Waals surface area contributed by atoms with Crippen molar-refractivity contribution < 1.29 is 0 Å². The van der Waals surface area contributed by atoms with Gasteiger partial charge in [-0.05, 0) is 17.4 Å². The maximum Gasteiger partial charge on any atom is 0.0328 e. The Morgan fingerprint density at radius 1 is 1.29 bits per heavy atom. The van der Waals surface area contributed by atoms with E-state index in [9.17, 15) is 0 Å². The second kappa shape index (κ2) is 6.36. The summed E-state index contributed by atoms with van der Waals surface area (Å²) in [7, 11) is 0. The summed E-state index contributed by atoms with van der Waals surface area (Å²) in [5.41, 5.74) is 1.65. The molecule has 0 aromatic heterocycles. The van der Waals surface area contributed by atoms with Crippen molar-refractivity contribution in [1.82, 2.24) is 5.32 Å². The Morgan fingerprint density at radius 3 is 2.35 bits per heavy atom. The summed E-state index contributed by atoms with van der Waals surface area (Å²) in [4.78, 5) is 0. The Balaban J connectivity index is 2.75. The molecule has 0 spiro atoms. The van der Waals surface area contributed by atoms with Gasteiger partial charge in [-0.3, -0.25) is 0 Å². The average Bonchev–Trinajstić information content (AvgIpc) is 2.24. The lowest BCUT2D eigenvalue weighted by Gasteiger charge is -2.27. The molecule has 0 aliphatic carbocycles. The molecule has 1 N–H and O–H groups in total. The van der Waals surface area contributed by atoms with Crippen LogP contribution in [-0.2, 0) is 0 Å². The summed E-state index contributed by atoms with van der Waals surface area (Å²) < 4.78 is 0.993. The van der Waals surface area contributed by atoms with Crippen molar-refractivity contribution >= 4 is 15.9 Å². The highest BCUT2D eigenvalue weighted by molar-refractivity contribution is 9.11. The van der Waals surface area contributed by atoms with Crippen molar-refractivity contribution in [2.75, 3.05) is 6.54 Å².